The maximum absolute atomic E-state index is 5.59. The first kappa shape index (κ1) is 21.3. The zero-order valence-corrected chi connectivity index (χ0v) is 18.7. The van der Waals surface area contributed by atoms with E-state index in [2.05, 4.69) is 54.6 Å². The largest absolute Gasteiger partial charge is 0.493 e. The lowest BCUT2D eigenvalue weighted by Crippen LogP contribution is -1.95. The van der Waals surface area contributed by atoms with E-state index in [-0.39, 0.29) is 0 Å². The highest BCUT2D eigenvalue weighted by Gasteiger charge is 2.17. The SMILES string of the molecule is COc1ccc(-c2cccc(-c3ccccc3)c2-c2ccc(OC)c(OC)c2)cc1OC. The van der Waals surface area contributed by atoms with E-state index < -0.39 is 0 Å². The van der Waals surface area contributed by atoms with E-state index in [1.807, 2.05) is 30.3 Å². The van der Waals surface area contributed by atoms with Crippen LogP contribution in [0.2, 0.25) is 0 Å². The molecular weight excluding hydrogens is 400 g/mol. The van der Waals surface area contributed by atoms with Crippen molar-refractivity contribution in [1.82, 2.24) is 0 Å². The topological polar surface area (TPSA) is 36.9 Å². The number of benzene rings is 4. The Bertz CT molecular complexity index is 1220. The molecule has 0 bridgehead atoms. The fourth-order valence-corrected chi connectivity index (χ4v) is 3.96. The summed E-state index contributed by atoms with van der Waals surface area (Å²) < 4.78 is 22.1. The minimum absolute atomic E-state index is 0.686. The molecule has 0 aliphatic heterocycles. The number of ether oxygens (including phenoxy) is 4. The molecular formula is C28H26O4. The smallest absolute Gasteiger partial charge is 0.161 e. The molecule has 0 aliphatic rings. The third-order valence-corrected chi connectivity index (χ3v) is 5.52. The summed E-state index contributed by atoms with van der Waals surface area (Å²) in [7, 11) is 6.59. The lowest BCUT2D eigenvalue weighted by molar-refractivity contribution is 0.355. The van der Waals surface area contributed by atoms with E-state index in [1.54, 1.807) is 28.4 Å². The molecule has 0 radical (unpaired) electrons. The van der Waals surface area contributed by atoms with Crippen molar-refractivity contribution in [3.05, 3.63) is 84.9 Å². The summed E-state index contributed by atoms with van der Waals surface area (Å²) in [6.45, 7) is 0. The third kappa shape index (κ3) is 4.00. The summed E-state index contributed by atoms with van der Waals surface area (Å²) in [5, 5.41) is 0. The molecule has 4 rings (SSSR count). The molecule has 32 heavy (non-hydrogen) atoms. The molecule has 0 amide bonds. The highest BCUT2D eigenvalue weighted by atomic mass is 16.5. The van der Waals surface area contributed by atoms with Gasteiger partial charge in [-0.15, -0.1) is 0 Å². The van der Waals surface area contributed by atoms with Crippen LogP contribution in [0.15, 0.2) is 84.9 Å². The molecule has 162 valence electrons. The molecule has 0 saturated heterocycles. The van der Waals surface area contributed by atoms with Crippen LogP contribution in [0.3, 0.4) is 0 Å². The van der Waals surface area contributed by atoms with Crippen molar-refractivity contribution in [2.75, 3.05) is 28.4 Å². The predicted octanol–water partition coefficient (Wildman–Crippen LogP) is 6.72. The summed E-state index contributed by atoms with van der Waals surface area (Å²) >= 11 is 0. The molecule has 0 aliphatic carbocycles. The fourth-order valence-electron chi connectivity index (χ4n) is 3.96. The van der Waals surface area contributed by atoms with E-state index in [1.165, 1.54) is 0 Å². The second-order valence-electron chi connectivity index (χ2n) is 7.23. The van der Waals surface area contributed by atoms with Gasteiger partial charge in [-0.25, -0.2) is 0 Å². The van der Waals surface area contributed by atoms with Gasteiger partial charge >= 0.3 is 0 Å². The zero-order valence-electron chi connectivity index (χ0n) is 18.7. The quantitative estimate of drug-likeness (QED) is 0.329. The zero-order chi connectivity index (χ0) is 22.5. The summed E-state index contributed by atoms with van der Waals surface area (Å²) in [5.41, 5.74) is 6.52. The van der Waals surface area contributed by atoms with Gasteiger partial charge in [-0.05, 0) is 57.6 Å². The van der Waals surface area contributed by atoms with E-state index >= 15 is 0 Å². The molecule has 4 heteroatoms. The van der Waals surface area contributed by atoms with Crippen LogP contribution in [0.4, 0.5) is 0 Å². The molecule has 0 aromatic heterocycles. The number of hydrogen-bond acceptors (Lipinski definition) is 4. The maximum Gasteiger partial charge on any atom is 0.161 e. The molecule has 0 atom stereocenters. The average Bonchev–Trinajstić information content (AvgIpc) is 2.87. The van der Waals surface area contributed by atoms with Crippen LogP contribution in [0.1, 0.15) is 0 Å². The van der Waals surface area contributed by atoms with Crippen LogP contribution in [0.25, 0.3) is 33.4 Å². The molecule has 4 aromatic rings. The summed E-state index contributed by atoms with van der Waals surface area (Å²) in [4.78, 5) is 0. The first-order valence-corrected chi connectivity index (χ1v) is 10.3. The minimum atomic E-state index is 0.686. The summed E-state index contributed by atoms with van der Waals surface area (Å²) in [6.07, 6.45) is 0. The van der Waals surface area contributed by atoms with Gasteiger partial charge in [-0.3, -0.25) is 0 Å². The Kier molecular flexibility index (Phi) is 6.31. The Morgan fingerprint density at radius 3 is 1.47 bits per heavy atom. The van der Waals surface area contributed by atoms with Crippen molar-refractivity contribution in [2.45, 2.75) is 0 Å². The van der Waals surface area contributed by atoms with Crippen molar-refractivity contribution in [3.63, 3.8) is 0 Å². The van der Waals surface area contributed by atoms with Crippen molar-refractivity contribution in [2.24, 2.45) is 0 Å². The van der Waals surface area contributed by atoms with Crippen molar-refractivity contribution in [1.29, 1.82) is 0 Å². The molecule has 0 N–H and O–H groups in total. The second-order valence-corrected chi connectivity index (χ2v) is 7.23. The summed E-state index contributed by atoms with van der Waals surface area (Å²) in [5.74, 6) is 2.77. The van der Waals surface area contributed by atoms with E-state index in [4.69, 9.17) is 18.9 Å². The Hall–Kier alpha value is -3.92. The van der Waals surface area contributed by atoms with Crippen LogP contribution in [0, 0.1) is 0 Å². The van der Waals surface area contributed by atoms with Gasteiger partial charge in [0.2, 0.25) is 0 Å². The Balaban J connectivity index is 2.00. The number of methoxy groups -OCH3 is 4. The molecule has 0 heterocycles. The third-order valence-electron chi connectivity index (χ3n) is 5.52. The lowest BCUT2D eigenvalue weighted by Gasteiger charge is -2.18. The molecule has 0 spiro atoms. The monoisotopic (exact) mass is 426 g/mol. The van der Waals surface area contributed by atoms with Gasteiger partial charge in [0, 0.05) is 0 Å². The molecule has 0 saturated carbocycles. The standard InChI is InChI=1S/C28H26O4/c1-29-24-15-13-20(17-26(24)31-3)23-12-8-11-22(19-9-6-5-7-10-19)28(23)21-14-16-25(30-2)27(18-21)32-4/h5-18H,1-4H3. The van der Waals surface area contributed by atoms with Crippen molar-refractivity contribution in [3.8, 4) is 56.4 Å². The van der Waals surface area contributed by atoms with Crippen LogP contribution in [0.5, 0.6) is 23.0 Å². The first-order valence-electron chi connectivity index (χ1n) is 10.3. The highest BCUT2D eigenvalue weighted by molar-refractivity contribution is 5.95. The van der Waals surface area contributed by atoms with Gasteiger partial charge in [-0.2, -0.15) is 0 Å². The molecule has 4 nitrogen and oxygen atoms in total. The van der Waals surface area contributed by atoms with Crippen LogP contribution >= 0.6 is 0 Å². The predicted molar refractivity (Wildman–Crippen MR) is 129 cm³/mol. The van der Waals surface area contributed by atoms with Gasteiger partial charge < -0.3 is 18.9 Å². The van der Waals surface area contributed by atoms with E-state index in [9.17, 15) is 0 Å². The van der Waals surface area contributed by atoms with Crippen molar-refractivity contribution >= 4 is 0 Å². The van der Waals surface area contributed by atoms with Crippen LogP contribution in [-0.2, 0) is 0 Å². The first-order chi connectivity index (χ1) is 15.7. The lowest BCUT2D eigenvalue weighted by atomic mass is 9.87. The maximum atomic E-state index is 5.59. The van der Waals surface area contributed by atoms with Crippen molar-refractivity contribution < 1.29 is 18.9 Å². The molecule has 0 fully saturated rings. The van der Waals surface area contributed by atoms with E-state index in [0.717, 1.165) is 33.4 Å². The molecule has 4 aromatic carbocycles. The van der Waals surface area contributed by atoms with Gasteiger partial charge in [0.25, 0.3) is 0 Å². The Labute approximate surface area is 189 Å². The van der Waals surface area contributed by atoms with Crippen LogP contribution < -0.4 is 18.9 Å². The normalized spacial score (nSPS) is 10.5. The van der Waals surface area contributed by atoms with Gasteiger partial charge in [0.05, 0.1) is 28.4 Å². The highest BCUT2D eigenvalue weighted by Crippen LogP contribution is 2.44. The molecule has 0 unspecified atom stereocenters. The fraction of sp³-hybridized carbons (Fsp3) is 0.143. The Morgan fingerprint density at radius 1 is 0.406 bits per heavy atom. The van der Waals surface area contributed by atoms with E-state index in [0.29, 0.717) is 23.0 Å². The minimum Gasteiger partial charge on any atom is -0.493 e. The Morgan fingerprint density at radius 2 is 0.906 bits per heavy atom. The average molecular weight is 427 g/mol. The van der Waals surface area contributed by atoms with Gasteiger partial charge in [0.1, 0.15) is 0 Å². The van der Waals surface area contributed by atoms with Gasteiger partial charge in [0.15, 0.2) is 23.0 Å². The van der Waals surface area contributed by atoms with Crippen LogP contribution in [-0.4, -0.2) is 28.4 Å². The number of hydrogen-bond donors (Lipinski definition) is 0. The second kappa shape index (κ2) is 9.48. The van der Waals surface area contributed by atoms with Gasteiger partial charge in [-0.1, -0.05) is 60.7 Å². The summed E-state index contributed by atoms with van der Waals surface area (Å²) in [6, 6.07) is 28.7. The number of rotatable bonds is 7.